The van der Waals surface area contributed by atoms with Gasteiger partial charge in [-0.25, -0.2) is 9.97 Å². The summed E-state index contributed by atoms with van der Waals surface area (Å²) in [4.78, 5) is 11.5. The Labute approximate surface area is 92.8 Å². The lowest BCUT2D eigenvalue weighted by Gasteiger charge is -1.99. The molecule has 0 aliphatic heterocycles. The Morgan fingerprint density at radius 3 is 3.00 bits per heavy atom. The number of ether oxygens (including phenoxy) is 2. The van der Waals surface area contributed by atoms with Gasteiger partial charge in [-0.05, 0) is 12.1 Å². The molecule has 3 N–H and O–H groups in total. The third-order valence-electron chi connectivity index (χ3n) is 2.09. The van der Waals surface area contributed by atoms with Crippen LogP contribution < -0.4 is 5.73 Å². The molecule has 86 valence electrons. The van der Waals surface area contributed by atoms with Crippen molar-refractivity contribution < 1.29 is 9.47 Å². The molecule has 16 heavy (non-hydrogen) atoms. The minimum Gasteiger partial charge on any atom is -0.384 e. The van der Waals surface area contributed by atoms with Crippen molar-refractivity contribution in [3.8, 4) is 0 Å². The number of hydrogen-bond acceptors (Lipinski definition) is 5. The number of nitrogen functional groups attached to an aromatic ring is 1. The smallest absolute Gasteiger partial charge is 0.179 e. The van der Waals surface area contributed by atoms with Crippen molar-refractivity contribution in [1.82, 2.24) is 15.0 Å². The summed E-state index contributed by atoms with van der Waals surface area (Å²) in [5.74, 6) is 1.20. The van der Waals surface area contributed by atoms with Gasteiger partial charge in [0.25, 0.3) is 0 Å². The molecule has 0 atom stereocenters. The molecule has 0 saturated heterocycles. The lowest BCUT2D eigenvalue weighted by Crippen LogP contribution is -2.02. The Balaban J connectivity index is 2.02. The van der Waals surface area contributed by atoms with Gasteiger partial charge in [-0.2, -0.15) is 0 Å². The monoisotopic (exact) mass is 222 g/mol. The molecule has 0 saturated carbocycles. The Kier molecular flexibility index (Phi) is 3.33. The number of nitrogens with zero attached hydrogens (tertiary/aromatic N) is 2. The number of anilines is 1. The molecule has 2 aromatic heterocycles. The van der Waals surface area contributed by atoms with Crippen molar-refractivity contribution in [2.45, 2.75) is 6.61 Å². The van der Waals surface area contributed by atoms with Gasteiger partial charge in [-0.3, -0.25) is 0 Å². The van der Waals surface area contributed by atoms with Gasteiger partial charge < -0.3 is 20.2 Å². The number of imidazole rings is 1. The SMILES string of the molecule is COCCOCc1nc2nc(N)ccc2[nH]1. The maximum absolute atomic E-state index is 5.56. The summed E-state index contributed by atoms with van der Waals surface area (Å²) in [5.41, 5.74) is 7.04. The highest BCUT2D eigenvalue weighted by Gasteiger charge is 2.03. The Morgan fingerprint density at radius 2 is 2.19 bits per heavy atom. The molecule has 0 radical (unpaired) electrons. The van der Waals surface area contributed by atoms with Crippen LogP contribution in [0.1, 0.15) is 5.82 Å². The molecule has 0 amide bonds. The van der Waals surface area contributed by atoms with Crippen LogP contribution in [-0.2, 0) is 16.1 Å². The topological polar surface area (TPSA) is 86.1 Å². The lowest BCUT2D eigenvalue weighted by atomic mass is 10.4. The number of hydrogen-bond donors (Lipinski definition) is 2. The van der Waals surface area contributed by atoms with Gasteiger partial charge in [-0.15, -0.1) is 0 Å². The molecule has 0 aliphatic rings. The summed E-state index contributed by atoms with van der Waals surface area (Å²) in [6, 6.07) is 3.58. The second-order valence-corrected chi connectivity index (χ2v) is 3.34. The molecule has 6 nitrogen and oxygen atoms in total. The molecular weight excluding hydrogens is 208 g/mol. The Hall–Kier alpha value is -1.66. The molecule has 0 unspecified atom stereocenters. The first kappa shape index (κ1) is 10.8. The molecule has 0 aliphatic carbocycles. The molecular formula is C10H14N4O2. The van der Waals surface area contributed by atoms with Crippen molar-refractivity contribution in [3.63, 3.8) is 0 Å². The molecule has 0 aromatic carbocycles. The largest absolute Gasteiger partial charge is 0.384 e. The third-order valence-corrected chi connectivity index (χ3v) is 2.09. The molecule has 2 rings (SSSR count). The quantitative estimate of drug-likeness (QED) is 0.727. The van der Waals surface area contributed by atoms with Gasteiger partial charge in [0.05, 0.1) is 18.7 Å². The Morgan fingerprint density at radius 1 is 1.31 bits per heavy atom. The van der Waals surface area contributed by atoms with Crippen molar-refractivity contribution in [2.24, 2.45) is 0 Å². The number of pyridine rings is 1. The highest BCUT2D eigenvalue weighted by atomic mass is 16.5. The van der Waals surface area contributed by atoms with E-state index in [0.29, 0.717) is 31.3 Å². The van der Waals surface area contributed by atoms with Crippen molar-refractivity contribution in [3.05, 3.63) is 18.0 Å². The predicted molar refractivity (Wildman–Crippen MR) is 59.8 cm³/mol. The molecule has 2 heterocycles. The van der Waals surface area contributed by atoms with Crippen molar-refractivity contribution in [1.29, 1.82) is 0 Å². The van der Waals surface area contributed by atoms with Crippen LogP contribution in [0.4, 0.5) is 5.82 Å². The van der Waals surface area contributed by atoms with Gasteiger partial charge in [-0.1, -0.05) is 0 Å². The maximum atomic E-state index is 5.56. The van der Waals surface area contributed by atoms with Crippen LogP contribution in [-0.4, -0.2) is 35.3 Å². The fourth-order valence-electron chi connectivity index (χ4n) is 1.34. The molecule has 2 aromatic rings. The second kappa shape index (κ2) is 4.91. The van der Waals surface area contributed by atoms with Gasteiger partial charge in [0.15, 0.2) is 5.65 Å². The third kappa shape index (κ3) is 2.47. The van der Waals surface area contributed by atoms with E-state index in [9.17, 15) is 0 Å². The fourth-order valence-corrected chi connectivity index (χ4v) is 1.34. The minimum absolute atomic E-state index is 0.416. The number of nitrogens with two attached hydrogens (primary N) is 1. The zero-order valence-electron chi connectivity index (χ0n) is 9.06. The fraction of sp³-hybridized carbons (Fsp3) is 0.400. The number of H-pyrrole nitrogens is 1. The van der Waals surface area contributed by atoms with E-state index in [0.717, 1.165) is 11.3 Å². The summed E-state index contributed by atoms with van der Waals surface area (Å²) in [5, 5.41) is 0. The van der Waals surface area contributed by atoms with Crippen LogP contribution in [0.2, 0.25) is 0 Å². The molecule has 6 heteroatoms. The second-order valence-electron chi connectivity index (χ2n) is 3.34. The van der Waals surface area contributed by atoms with E-state index in [1.54, 1.807) is 13.2 Å². The number of aromatic amines is 1. The van der Waals surface area contributed by atoms with Crippen LogP contribution in [0, 0.1) is 0 Å². The average molecular weight is 222 g/mol. The number of fused-ring (bicyclic) bond motifs is 1. The minimum atomic E-state index is 0.416. The van der Waals surface area contributed by atoms with Gasteiger partial charge in [0, 0.05) is 7.11 Å². The zero-order chi connectivity index (χ0) is 11.4. The first-order valence-corrected chi connectivity index (χ1v) is 4.97. The normalized spacial score (nSPS) is 11.1. The molecule has 0 spiro atoms. The van der Waals surface area contributed by atoms with E-state index in [2.05, 4.69) is 15.0 Å². The number of nitrogens with one attached hydrogen (secondary N) is 1. The van der Waals surface area contributed by atoms with E-state index in [1.165, 1.54) is 0 Å². The first-order chi connectivity index (χ1) is 7.79. The van der Waals surface area contributed by atoms with E-state index >= 15 is 0 Å². The Bertz CT molecular complexity index is 469. The summed E-state index contributed by atoms with van der Waals surface area (Å²) < 4.78 is 10.2. The maximum Gasteiger partial charge on any atom is 0.179 e. The summed E-state index contributed by atoms with van der Waals surface area (Å²) in [6.07, 6.45) is 0. The number of rotatable bonds is 5. The van der Waals surface area contributed by atoms with Crippen LogP contribution in [0.25, 0.3) is 11.2 Å². The van der Waals surface area contributed by atoms with E-state index < -0.39 is 0 Å². The van der Waals surface area contributed by atoms with Crippen molar-refractivity contribution >= 4 is 17.0 Å². The van der Waals surface area contributed by atoms with E-state index in [1.807, 2.05) is 6.07 Å². The molecule has 0 bridgehead atoms. The highest BCUT2D eigenvalue weighted by Crippen LogP contribution is 2.11. The van der Waals surface area contributed by atoms with Gasteiger partial charge in [0.2, 0.25) is 0 Å². The van der Waals surface area contributed by atoms with Crippen LogP contribution >= 0.6 is 0 Å². The van der Waals surface area contributed by atoms with E-state index in [4.69, 9.17) is 15.2 Å². The summed E-state index contributed by atoms with van der Waals surface area (Å²) in [6.45, 7) is 1.54. The molecule has 0 fully saturated rings. The highest BCUT2D eigenvalue weighted by molar-refractivity contribution is 5.72. The first-order valence-electron chi connectivity index (χ1n) is 4.97. The summed E-state index contributed by atoms with van der Waals surface area (Å²) >= 11 is 0. The number of aromatic nitrogens is 3. The van der Waals surface area contributed by atoms with E-state index in [-0.39, 0.29) is 0 Å². The number of methoxy groups -OCH3 is 1. The van der Waals surface area contributed by atoms with Gasteiger partial charge in [0.1, 0.15) is 18.2 Å². The average Bonchev–Trinajstić information content (AvgIpc) is 2.66. The van der Waals surface area contributed by atoms with Crippen LogP contribution in [0.3, 0.4) is 0 Å². The van der Waals surface area contributed by atoms with Crippen LogP contribution in [0.5, 0.6) is 0 Å². The lowest BCUT2D eigenvalue weighted by molar-refractivity contribution is 0.0590. The zero-order valence-corrected chi connectivity index (χ0v) is 9.06. The van der Waals surface area contributed by atoms with Crippen molar-refractivity contribution in [2.75, 3.05) is 26.1 Å². The standard InChI is InChI=1S/C10H14N4O2/c1-15-4-5-16-6-9-12-7-2-3-8(11)13-10(7)14-9/h2-3H,4-6H2,1H3,(H3,11,12,13,14). The summed E-state index contributed by atoms with van der Waals surface area (Å²) in [7, 11) is 1.64. The van der Waals surface area contributed by atoms with Crippen LogP contribution in [0.15, 0.2) is 12.1 Å². The predicted octanol–water partition coefficient (Wildman–Crippen LogP) is 0.703. The van der Waals surface area contributed by atoms with Gasteiger partial charge >= 0.3 is 0 Å².